The molecule has 4 heteroatoms. The monoisotopic (exact) mass is 942 g/mol. The zero-order valence-corrected chi connectivity index (χ0v) is 38.7. The topological polar surface area (TPSA) is 0 Å². The van der Waals surface area contributed by atoms with Gasteiger partial charge in [-0.05, 0) is 0 Å². The van der Waals surface area contributed by atoms with Crippen molar-refractivity contribution in [2.75, 3.05) is 0 Å². The maximum Gasteiger partial charge on any atom is -0.0809 e. The van der Waals surface area contributed by atoms with Gasteiger partial charge < -0.3 is 24.8 Å². The molecule has 2 aliphatic carbocycles. The van der Waals surface area contributed by atoms with Crippen molar-refractivity contribution in [1.29, 1.82) is 0 Å². The summed E-state index contributed by atoms with van der Waals surface area (Å²) in [6.07, 6.45) is 20.0. The maximum atomic E-state index is 2.99. The Bertz CT molecular complexity index is 2100. The summed E-state index contributed by atoms with van der Waals surface area (Å²) in [5.74, 6) is 0. The second-order valence-corrected chi connectivity index (χ2v) is 15.0. The van der Waals surface area contributed by atoms with Gasteiger partial charge in [0.25, 0.3) is 0 Å². The van der Waals surface area contributed by atoms with E-state index in [9.17, 15) is 0 Å². The first-order valence-electron chi connectivity index (χ1n) is 18.7. The van der Waals surface area contributed by atoms with Crippen molar-refractivity contribution in [3.05, 3.63) is 277 Å². The molecule has 10 rings (SSSR count). The minimum Gasteiger partial charge on any atom is -0.168 e. The summed E-state index contributed by atoms with van der Waals surface area (Å²) in [6.45, 7) is 0. The number of hydrogen-bond donors (Lipinski definition) is 0. The Balaban J connectivity index is 0.000000192. The Labute approximate surface area is 387 Å². The van der Waals surface area contributed by atoms with Crippen molar-refractivity contribution in [3.63, 3.8) is 0 Å². The predicted octanol–water partition coefficient (Wildman–Crippen LogP) is 7.34. The zero-order chi connectivity index (χ0) is 38.9. The molecule has 0 fully saturated rings. The molecule has 0 unspecified atom stereocenters. The fourth-order valence-corrected chi connectivity index (χ4v) is 7.21. The van der Waals surface area contributed by atoms with Gasteiger partial charge in [0.05, 0.1) is 0 Å². The molecular formula is C54H44Cl2Zr2-2. The maximum absolute atomic E-state index is 2.99. The van der Waals surface area contributed by atoms with Crippen LogP contribution in [0.15, 0.2) is 243 Å². The van der Waals surface area contributed by atoms with Crippen molar-refractivity contribution in [1.82, 2.24) is 0 Å². The summed E-state index contributed by atoms with van der Waals surface area (Å²) in [4.78, 5) is 0. The molecule has 0 saturated heterocycles. The molecule has 0 bridgehead atoms. The smallest absolute Gasteiger partial charge is 0.0809 e. The van der Waals surface area contributed by atoms with Crippen LogP contribution in [0.5, 0.6) is 0 Å². The van der Waals surface area contributed by atoms with E-state index in [0.717, 1.165) is 12.8 Å². The van der Waals surface area contributed by atoms with Gasteiger partial charge in [-0.3, -0.25) is 12.2 Å². The summed E-state index contributed by atoms with van der Waals surface area (Å²) < 4.78 is 2.83. The van der Waals surface area contributed by atoms with Gasteiger partial charge in [0.1, 0.15) is 0 Å². The Morgan fingerprint density at radius 3 is 0.914 bits per heavy atom. The summed E-state index contributed by atoms with van der Waals surface area (Å²) in [5, 5.41) is 5.32. The van der Waals surface area contributed by atoms with Crippen LogP contribution in [-0.4, -0.2) is 6.41 Å². The third-order valence-electron chi connectivity index (χ3n) is 8.52. The van der Waals surface area contributed by atoms with Crippen LogP contribution in [0.3, 0.4) is 0 Å². The molecule has 8 aromatic carbocycles. The fourth-order valence-electron chi connectivity index (χ4n) is 5.57. The van der Waals surface area contributed by atoms with Crippen LogP contribution < -0.4 is 24.8 Å². The number of fused-ring (bicyclic) bond motifs is 2. The summed E-state index contributed by atoms with van der Waals surface area (Å²) in [7, 11) is 0. The molecule has 0 aliphatic heterocycles. The Hall–Kier alpha value is -4.41. The Morgan fingerprint density at radius 2 is 0.672 bits per heavy atom. The SMILES string of the molecule is [C-]1=CC=CC1.[C-]1=CC=CC1.[Cl-].[Cl-].[Zr+2]=[C](c1ccccc1)c1ccccc1.[Zr+2]=[C](c1ccccc1)c1ccccc1.c1ccc2[cH-]ccc2c1.c1ccc2[cH-]ccc2c1. The molecule has 0 N–H and O–H groups in total. The molecule has 2 aliphatic rings. The molecule has 58 heavy (non-hydrogen) atoms. The molecule has 0 atom stereocenters. The number of rotatable bonds is 4. The molecule has 0 amide bonds. The molecule has 8 aromatic rings. The summed E-state index contributed by atoms with van der Waals surface area (Å²) in [6, 6.07) is 71.6. The van der Waals surface area contributed by atoms with Crippen LogP contribution in [0.1, 0.15) is 35.1 Å². The van der Waals surface area contributed by atoms with Crippen LogP contribution in [0.25, 0.3) is 21.5 Å². The van der Waals surface area contributed by atoms with Crippen molar-refractivity contribution >= 4 is 28.0 Å². The van der Waals surface area contributed by atoms with Crippen LogP contribution in [0.2, 0.25) is 0 Å². The van der Waals surface area contributed by atoms with E-state index in [4.69, 9.17) is 0 Å². The minimum absolute atomic E-state index is 0. The van der Waals surface area contributed by atoms with Crippen LogP contribution in [0.4, 0.5) is 0 Å². The quantitative estimate of drug-likeness (QED) is 0.162. The molecule has 0 radical (unpaired) electrons. The molecule has 0 aromatic heterocycles. The van der Waals surface area contributed by atoms with Crippen LogP contribution in [0, 0.1) is 12.2 Å². The van der Waals surface area contributed by atoms with Crippen molar-refractivity contribution in [2.45, 2.75) is 12.8 Å². The standard InChI is InChI=1S/2C13H10.2C9H7.2C5H5.2ClH.2Zr/c2*1-3-7-12(8-4-1)11-13-9-5-2-6-10-13;2*1-2-5-9-7-3-6-8(9)4-1;2*1-2-4-5-3-1;;;;/h2*1-10H;2*1-7H;2*1-3H,4H2;2*1H;;/q;;4*-1;;;2*+2/p-2. The van der Waals surface area contributed by atoms with Crippen molar-refractivity contribution in [2.24, 2.45) is 0 Å². The van der Waals surface area contributed by atoms with E-state index in [-0.39, 0.29) is 24.8 Å². The van der Waals surface area contributed by atoms with Gasteiger partial charge in [-0.25, -0.2) is 24.3 Å². The van der Waals surface area contributed by atoms with Gasteiger partial charge in [-0.2, -0.15) is 47.2 Å². The largest absolute Gasteiger partial charge is 0.168 e. The van der Waals surface area contributed by atoms with E-state index in [1.807, 2.05) is 24.3 Å². The molecular weight excluding hydrogens is 902 g/mol. The first kappa shape index (κ1) is 48.0. The summed E-state index contributed by atoms with van der Waals surface area (Å²) in [5.41, 5.74) is 5.32. The average molecular weight is 946 g/mol. The van der Waals surface area contributed by atoms with E-state index in [1.54, 1.807) is 0 Å². The number of allylic oxidation sites excluding steroid dienone is 8. The fraction of sp³-hybridized carbons (Fsp3) is 0.0370. The first-order valence-corrected chi connectivity index (χ1v) is 21.2. The Kier molecular flexibility index (Phi) is 23.9. The van der Waals surface area contributed by atoms with Crippen molar-refractivity contribution < 1.29 is 73.3 Å². The van der Waals surface area contributed by atoms with Gasteiger partial charge in [0.15, 0.2) is 0 Å². The van der Waals surface area contributed by atoms with Gasteiger partial charge in [-0.15, -0.1) is 72.1 Å². The van der Waals surface area contributed by atoms with Crippen molar-refractivity contribution in [3.8, 4) is 0 Å². The predicted molar refractivity (Wildman–Crippen MR) is 234 cm³/mol. The van der Waals surface area contributed by atoms with Gasteiger partial charge in [-0.1, -0.05) is 12.1 Å². The molecule has 0 spiro atoms. The third kappa shape index (κ3) is 17.2. The van der Waals surface area contributed by atoms with Crippen LogP contribution in [-0.2, 0) is 48.5 Å². The number of benzene rings is 6. The van der Waals surface area contributed by atoms with Gasteiger partial charge >= 0.3 is 198 Å². The second-order valence-electron chi connectivity index (χ2n) is 12.5. The molecule has 0 nitrogen and oxygen atoms in total. The van der Waals surface area contributed by atoms with E-state index >= 15 is 0 Å². The van der Waals surface area contributed by atoms with E-state index in [0.29, 0.717) is 0 Å². The molecule has 284 valence electrons. The minimum atomic E-state index is 0. The van der Waals surface area contributed by atoms with Crippen LogP contribution >= 0.6 is 0 Å². The number of halogens is 2. The van der Waals surface area contributed by atoms with Gasteiger partial charge in [0.2, 0.25) is 0 Å². The second kappa shape index (κ2) is 28.9. The third-order valence-corrected chi connectivity index (χ3v) is 11.4. The average Bonchev–Trinajstić information content (AvgIpc) is 4.15. The van der Waals surface area contributed by atoms with Gasteiger partial charge in [0, 0.05) is 0 Å². The van der Waals surface area contributed by atoms with E-state index < -0.39 is 0 Å². The number of hydrogen-bond acceptors (Lipinski definition) is 0. The summed E-state index contributed by atoms with van der Waals surface area (Å²) >= 11 is 2.92. The Morgan fingerprint density at radius 1 is 0.379 bits per heavy atom. The zero-order valence-electron chi connectivity index (χ0n) is 32.3. The van der Waals surface area contributed by atoms with E-state index in [1.165, 1.54) is 98.7 Å². The first-order chi connectivity index (χ1) is 27.7. The molecule has 0 saturated carbocycles. The van der Waals surface area contributed by atoms with E-state index in [2.05, 4.69) is 231 Å². The molecule has 0 heterocycles. The normalized spacial score (nSPS) is 11.0.